The lowest BCUT2D eigenvalue weighted by Crippen LogP contribution is -2.46. The number of rotatable bonds is 3. The topological polar surface area (TPSA) is 108 Å². The monoisotopic (exact) mass is 503 g/mol. The number of alkyl halides is 3. The Hall–Kier alpha value is -3.25. The molecule has 35 heavy (non-hydrogen) atoms. The van der Waals surface area contributed by atoms with Crippen molar-refractivity contribution in [3.63, 3.8) is 0 Å². The van der Waals surface area contributed by atoms with E-state index in [4.69, 9.17) is 4.42 Å². The maximum absolute atomic E-state index is 13.9. The van der Waals surface area contributed by atoms with Crippen molar-refractivity contribution in [3.8, 4) is 0 Å². The Balaban J connectivity index is 1.52. The first-order valence-electron chi connectivity index (χ1n) is 11.0. The Morgan fingerprint density at radius 1 is 1.26 bits per heavy atom. The predicted octanol–water partition coefficient (Wildman–Crippen LogP) is 4.53. The van der Waals surface area contributed by atoms with Crippen LogP contribution in [0.1, 0.15) is 71.3 Å². The van der Waals surface area contributed by atoms with Crippen LogP contribution in [-0.2, 0) is 17.2 Å². The molecule has 1 fully saturated rings. The number of fused-ring (bicyclic) bond motifs is 3. The summed E-state index contributed by atoms with van der Waals surface area (Å²) in [5.74, 6) is -2.50. The van der Waals surface area contributed by atoms with Crippen molar-refractivity contribution in [1.82, 2.24) is 24.8 Å². The number of nitrogens with zero attached hydrogens (tertiary/aromatic N) is 4. The highest BCUT2D eigenvalue weighted by Gasteiger charge is 2.56. The molecule has 4 aromatic rings. The third-order valence-electron chi connectivity index (χ3n) is 6.51. The normalized spacial score (nSPS) is 19.4. The quantitative estimate of drug-likeness (QED) is 0.425. The first kappa shape index (κ1) is 22.2. The molecule has 6 rings (SSSR count). The Bertz CT molecular complexity index is 1430. The molecule has 0 unspecified atom stereocenters. The van der Waals surface area contributed by atoms with Crippen LogP contribution in [0.25, 0.3) is 10.2 Å². The van der Waals surface area contributed by atoms with Gasteiger partial charge in [0, 0.05) is 17.7 Å². The van der Waals surface area contributed by atoms with Gasteiger partial charge in [0.1, 0.15) is 16.7 Å². The van der Waals surface area contributed by atoms with Crippen molar-refractivity contribution in [2.45, 2.75) is 49.9 Å². The van der Waals surface area contributed by atoms with Crippen molar-refractivity contribution in [1.29, 1.82) is 0 Å². The zero-order chi connectivity index (χ0) is 24.8. The molecular formula is C23H20F3N5O3S. The van der Waals surface area contributed by atoms with E-state index in [-0.39, 0.29) is 6.54 Å². The summed E-state index contributed by atoms with van der Waals surface area (Å²) >= 11 is 1.36. The highest BCUT2D eigenvalue weighted by molar-refractivity contribution is 7.18. The first-order chi connectivity index (χ1) is 16.5. The molecule has 1 aliphatic heterocycles. The summed E-state index contributed by atoms with van der Waals surface area (Å²) in [5, 5.41) is 10.8. The molecule has 0 radical (unpaired) electrons. The van der Waals surface area contributed by atoms with Crippen molar-refractivity contribution < 1.29 is 27.5 Å². The van der Waals surface area contributed by atoms with Gasteiger partial charge in [-0.05, 0) is 38.8 Å². The van der Waals surface area contributed by atoms with E-state index in [2.05, 4.69) is 19.9 Å². The molecule has 3 aromatic heterocycles. The Morgan fingerprint density at radius 3 is 2.66 bits per heavy atom. The van der Waals surface area contributed by atoms with Crippen LogP contribution in [-0.4, -0.2) is 42.4 Å². The van der Waals surface area contributed by atoms with Gasteiger partial charge in [-0.2, -0.15) is 13.2 Å². The molecule has 1 spiro atoms. The van der Waals surface area contributed by atoms with Crippen LogP contribution in [0.2, 0.25) is 0 Å². The maximum Gasteiger partial charge on any atom is 0.437 e. The summed E-state index contributed by atoms with van der Waals surface area (Å²) in [6.07, 6.45) is -1.86. The number of para-hydroxylation sites is 1. The van der Waals surface area contributed by atoms with Crippen LogP contribution >= 0.6 is 11.3 Å². The number of aromatic nitrogens is 4. The van der Waals surface area contributed by atoms with Gasteiger partial charge in [0.25, 0.3) is 5.91 Å². The lowest BCUT2D eigenvalue weighted by Gasteiger charge is -2.37. The van der Waals surface area contributed by atoms with E-state index < -0.39 is 46.5 Å². The molecule has 1 amide bonds. The molecule has 2 N–H and O–H groups in total. The lowest BCUT2D eigenvalue weighted by molar-refractivity contribution is -0.141. The fraction of sp³-hybridized carbons (Fsp3) is 0.391. The first-order valence-corrected chi connectivity index (χ1v) is 11.8. The summed E-state index contributed by atoms with van der Waals surface area (Å²) in [5.41, 5.74) is -1.48. The number of imidazole rings is 1. The predicted molar refractivity (Wildman–Crippen MR) is 119 cm³/mol. The molecule has 1 atom stereocenters. The van der Waals surface area contributed by atoms with Gasteiger partial charge in [0.05, 0.1) is 22.2 Å². The summed E-state index contributed by atoms with van der Waals surface area (Å²) < 4.78 is 47.9. The molecule has 12 heteroatoms. The van der Waals surface area contributed by atoms with Crippen molar-refractivity contribution in [2.75, 3.05) is 6.54 Å². The second-order valence-electron chi connectivity index (χ2n) is 9.55. The molecule has 1 aromatic carbocycles. The Labute approximate surface area is 200 Å². The van der Waals surface area contributed by atoms with E-state index in [0.29, 0.717) is 10.7 Å². The van der Waals surface area contributed by atoms with Gasteiger partial charge in [-0.15, -0.1) is 11.3 Å². The number of hydrogen-bond acceptors (Lipinski definition) is 7. The van der Waals surface area contributed by atoms with Crippen LogP contribution in [0, 0.1) is 0 Å². The zero-order valence-corrected chi connectivity index (χ0v) is 19.5. The van der Waals surface area contributed by atoms with E-state index in [0.717, 1.165) is 28.8 Å². The Morgan fingerprint density at radius 2 is 2.00 bits per heavy atom. The number of amides is 1. The van der Waals surface area contributed by atoms with Crippen molar-refractivity contribution >= 4 is 27.5 Å². The number of nitrogens with one attached hydrogen (secondary N) is 1. The highest BCUT2D eigenvalue weighted by atomic mass is 32.1. The van der Waals surface area contributed by atoms with Gasteiger partial charge in [0.2, 0.25) is 11.7 Å². The number of oxazole rings is 1. The number of H-pyrrole nitrogens is 1. The molecule has 0 bridgehead atoms. The average Bonchev–Trinajstić information content (AvgIpc) is 3.21. The van der Waals surface area contributed by atoms with E-state index in [1.54, 1.807) is 6.33 Å². The minimum Gasteiger partial charge on any atom is -0.432 e. The smallest absolute Gasteiger partial charge is 0.432 e. The number of carbonyl (C=O) groups is 1. The largest absolute Gasteiger partial charge is 0.437 e. The third-order valence-corrected chi connectivity index (χ3v) is 7.60. The van der Waals surface area contributed by atoms with Gasteiger partial charge >= 0.3 is 6.18 Å². The average molecular weight is 504 g/mol. The number of hydrogen-bond donors (Lipinski definition) is 2. The van der Waals surface area contributed by atoms with Crippen LogP contribution < -0.4 is 0 Å². The fourth-order valence-electron chi connectivity index (χ4n) is 4.64. The molecular weight excluding hydrogens is 483 g/mol. The number of benzene rings is 1. The number of carbonyl (C=O) groups excluding carboxylic acids is 1. The molecule has 8 nitrogen and oxygen atoms in total. The van der Waals surface area contributed by atoms with Gasteiger partial charge in [0.15, 0.2) is 5.69 Å². The SMILES string of the molecule is CC(C)(O)c1nc(C(F)(F)F)c(C(=O)N2CC3(CC3)c3[nH]cnc3[C@H]2c2nc3ccccc3s2)o1. The third kappa shape index (κ3) is 3.46. The van der Waals surface area contributed by atoms with Gasteiger partial charge < -0.3 is 19.4 Å². The number of aromatic amines is 1. The van der Waals surface area contributed by atoms with Crippen LogP contribution in [0.3, 0.4) is 0 Å². The minimum absolute atomic E-state index is 0.178. The van der Waals surface area contributed by atoms with Crippen molar-refractivity contribution in [2.24, 2.45) is 0 Å². The molecule has 0 saturated heterocycles. The van der Waals surface area contributed by atoms with Gasteiger partial charge in [-0.3, -0.25) is 4.79 Å². The van der Waals surface area contributed by atoms with Gasteiger partial charge in [-0.25, -0.2) is 15.0 Å². The lowest BCUT2D eigenvalue weighted by atomic mass is 9.90. The standard InChI is InChI=1S/C23H20F3N5O3S/c1-21(2,33)20-30-17(23(24,25)26)15(34-20)19(32)31-9-22(7-8-22)16-13(27-10-28-16)14(31)18-29-11-5-3-4-6-12(11)35-18/h3-6,10,14,33H,7-9H2,1-2H3,(H,27,28)/t14-/m0/s1. The summed E-state index contributed by atoms with van der Waals surface area (Å²) in [4.78, 5) is 31.0. The molecule has 4 heterocycles. The minimum atomic E-state index is -4.95. The van der Waals surface area contributed by atoms with E-state index in [9.17, 15) is 23.1 Å². The van der Waals surface area contributed by atoms with Crippen molar-refractivity contribution in [3.05, 3.63) is 64.3 Å². The number of aliphatic hydroxyl groups is 1. The summed E-state index contributed by atoms with van der Waals surface area (Å²) in [6, 6.07) is 6.65. The number of thiazole rings is 1. The van der Waals surface area contributed by atoms with Crippen LogP contribution in [0.5, 0.6) is 0 Å². The van der Waals surface area contributed by atoms with Crippen LogP contribution in [0.15, 0.2) is 35.0 Å². The second-order valence-corrected chi connectivity index (χ2v) is 10.6. The maximum atomic E-state index is 13.9. The molecule has 182 valence electrons. The molecule has 1 aliphatic carbocycles. The van der Waals surface area contributed by atoms with E-state index in [1.807, 2.05) is 24.3 Å². The van der Waals surface area contributed by atoms with E-state index >= 15 is 0 Å². The van der Waals surface area contributed by atoms with Gasteiger partial charge in [-0.1, -0.05) is 12.1 Å². The van der Waals surface area contributed by atoms with Crippen LogP contribution in [0.4, 0.5) is 13.2 Å². The zero-order valence-electron chi connectivity index (χ0n) is 18.7. The molecule has 1 saturated carbocycles. The van der Waals surface area contributed by atoms with E-state index in [1.165, 1.54) is 30.1 Å². The summed E-state index contributed by atoms with van der Waals surface area (Å²) in [6.45, 7) is 2.66. The highest BCUT2D eigenvalue weighted by Crippen LogP contribution is 2.55. The fourth-order valence-corrected chi connectivity index (χ4v) is 5.72. The number of halogens is 3. The Kier molecular flexibility index (Phi) is 4.53. The summed E-state index contributed by atoms with van der Waals surface area (Å²) in [7, 11) is 0. The second kappa shape index (κ2) is 7.14. The molecule has 2 aliphatic rings.